The maximum absolute atomic E-state index is 12.1. The van der Waals surface area contributed by atoms with Gasteiger partial charge < -0.3 is 10.1 Å². The van der Waals surface area contributed by atoms with Crippen LogP contribution in [0.1, 0.15) is 25.3 Å². The molecule has 0 aromatic heterocycles. The van der Waals surface area contributed by atoms with Gasteiger partial charge in [-0.2, -0.15) is 5.26 Å². The standard InChI is InChI=1S/C17H18N2O2S/c1-10-15(11(2)20)16(14(9-18)17(19-10)22-4)12-5-7-13(21-3)8-6-12/h5-8,16,19H,1-4H3. The second kappa shape index (κ2) is 6.71. The van der Waals surface area contributed by atoms with Gasteiger partial charge in [0, 0.05) is 11.3 Å². The molecular weight excluding hydrogens is 296 g/mol. The van der Waals surface area contributed by atoms with Crippen molar-refractivity contribution >= 4 is 17.5 Å². The number of hydrogen-bond acceptors (Lipinski definition) is 5. The third kappa shape index (κ3) is 2.88. The highest BCUT2D eigenvalue weighted by molar-refractivity contribution is 8.02. The Morgan fingerprint density at radius 1 is 1.36 bits per heavy atom. The first-order valence-corrected chi connectivity index (χ1v) is 8.06. The van der Waals surface area contributed by atoms with Crippen molar-refractivity contribution in [1.29, 1.82) is 5.26 Å². The summed E-state index contributed by atoms with van der Waals surface area (Å²) in [6.45, 7) is 3.41. The van der Waals surface area contributed by atoms with E-state index in [1.165, 1.54) is 18.7 Å². The summed E-state index contributed by atoms with van der Waals surface area (Å²) in [4.78, 5) is 12.1. The molecule has 1 atom stereocenters. The Kier molecular flexibility index (Phi) is 4.94. The van der Waals surface area contributed by atoms with Crippen molar-refractivity contribution < 1.29 is 9.53 Å². The van der Waals surface area contributed by atoms with Crippen LogP contribution >= 0.6 is 11.8 Å². The predicted molar refractivity (Wildman–Crippen MR) is 88.4 cm³/mol. The van der Waals surface area contributed by atoms with Crippen molar-refractivity contribution in [2.75, 3.05) is 13.4 Å². The van der Waals surface area contributed by atoms with Crippen molar-refractivity contribution in [1.82, 2.24) is 5.32 Å². The first-order valence-electron chi connectivity index (χ1n) is 6.84. The number of carbonyl (C=O) groups is 1. The van der Waals surface area contributed by atoms with Crippen molar-refractivity contribution in [2.24, 2.45) is 0 Å². The zero-order valence-electron chi connectivity index (χ0n) is 13.1. The fraction of sp³-hybridized carbons (Fsp3) is 0.294. The molecule has 1 aliphatic heterocycles. The predicted octanol–water partition coefficient (Wildman–Crippen LogP) is 3.34. The fourth-order valence-electron chi connectivity index (χ4n) is 2.67. The first kappa shape index (κ1) is 16.2. The SMILES string of the molecule is COc1ccc(C2C(C#N)=C(SC)NC(C)=C2C(C)=O)cc1. The Bertz CT molecular complexity index is 696. The molecule has 0 bridgehead atoms. The number of ketones is 1. The molecule has 0 saturated carbocycles. The Hall–Kier alpha value is -2.19. The third-order valence-electron chi connectivity index (χ3n) is 3.68. The molecule has 1 aromatic carbocycles. The number of hydrogen-bond donors (Lipinski definition) is 1. The molecule has 4 nitrogen and oxygen atoms in total. The minimum Gasteiger partial charge on any atom is -0.497 e. The van der Waals surface area contributed by atoms with Gasteiger partial charge in [0.2, 0.25) is 0 Å². The summed E-state index contributed by atoms with van der Waals surface area (Å²) >= 11 is 1.48. The Morgan fingerprint density at radius 3 is 2.45 bits per heavy atom. The number of nitrogens with zero attached hydrogens (tertiary/aromatic N) is 1. The van der Waals surface area contributed by atoms with E-state index in [0.29, 0.717) is 11.1 Å². The molecule has 0 radical (unpaired) electrons. The van der Waals surface area contributed by atoms with Crippen molar-refractivity contribution in [3.8, 4) is 11.8 Å². The highest BCUT2D eigenvalue weighted by Crippen LogP contribution is 2.40. The van der Waals surface area contributed by atoms with Crippen LogP contribution in [0.4, 0.5) is 0 Å². The van der Waals surface area contributed by atoms with E-state index < -0.39 is 0 Å². The molecule has 1 aromatic rings. The number of methoxy groups -OCH3 is 1. The average molecular weight is 314 g/mol. The normalized spacial score (nSPS) is 17.9. The number of carbonyl (C=O) groups excluding carboxylic acids is 1. The van der Waals surface area contributed by atoms with Gasteiger partial charge in [-0.1, -0.05) is 12.1 Å². The summed E-state index contributed by atoms with van der Waals surface area (Å²) in [6, 6.07) is 9.76. The quantitative estimate of drug-likeness (QED) is 0.923. The lowest BCUT2D eigenvalue weighted by Crippen LogP contribution is -2.26. The lowest BCUT2D eigenvalue weighted by atomic mass is 9.81. The van der Waals surface area contributed by atoms with Gasteiger partial charge in [-0.05, 0) is 37.8 Å². The lowest BCUT2D eigenvalue weighted by molar-refractivity contribution is -0.113. The number of thioether (sulfide) groups is 1. The molecule has 1 N–H and O–H groups in total. The van der Waals surface area contributed by atoms with E-state index in [-0.39, 0.29) is 11.7 Å². The summed E-state index contributed by atoms with van der Waals surface area (Å²) in [5.41, 5.74) is 2.93. The van der Waals surface area contributed by atoms with Crippen molar-refractivity contribution in [2.45, 2.75) is 19.8 Å². The van der Waals surface area contributed by atoms with Gasteiger partial charge in [-0.3, -0.25) is 4.79 Å². The van der Waals surface area contributed by atoms with Crippen LogP contribution in [-0.2, 0) is 4.79 Å². The zero-order chi connectivity index (χ0) is 16.3. The Labute approximate surface area is 134 Å². The molecule has 114 valence electrons. The highest BCUT2D eigenvalue weighted by Gasteiger charge is 2.32. The van der Waals surface area contributed by atoms with E-state index in [1.54, 1.807) is 7.11 Å². The number of ether oxygens (including phenoxy) is 1. The van der Waals surface area contributed by atoms with E-state index in [9.17, 15) is 10.1 Å². The Balaban J connectivity index is 2.62. The minimum atomic E-state index is -0.336. The zero-order valence-corrected chi connectivity index (χ0v) is 13.9. The molecule has 0 amide bonds. The number of Topliss-reactive ketones (excluding diaryl/α,β-unsaturated/α-hetero) is 1. The van der Waals surface area contributed by atoms with Gasteiger partial charge in [0.15, 0.2) is 5.78 Å². The molecule has 2 rings (SSSR count). The lowest BCUT2D eigenvalue weighted by Gasteiger charge is -2.29. The second-order valence-corrected chi connectivity index (χ2v) is 5.80. The summed E-state index contributed by atoms with van der Waals surface area (Å²) in [6.07, 6.45) is 1.91. The van der Waals surface area contributed by atoms with Crippen LogP contribution in [0.3, 0.4) is 0 Å². The van der Waals surface area contributed by atoms with Crippen LogP contribution in [-0.4, -0.2) is 19.1 Å². The summed E-state index contributed by atoms with van der Waals surface area (Å²) < 4.78 is 5.17. The van der Waals surface area contributed by atoms with Crippen LogP contribution in [0, 0.1) is 11.3 Å². The van der Waals surface area contributed by atoms with Gasteiger partial charge in [-0.15, -0.1) is 11.8 Å². The van der Waals surface area contributed by atoms with Crippen LogP contribution in [0.5, 0.6) is 5.75 Å². The van der Waals surface area contributed by atoms with E-state index in [0.717, 1.165) is 22.0 Å². The minimum absolute atomic E-state index is 0.0290. The number of allylic oxidation sites excluding steroid dienone is 3. The Morgan fingerprint density at radius 2 is 2.00 bits per heavy atom. The van der Waals surface area contributed by atoms with Crippen molar-refractivity contribution in [3.63, 3.8) is 0 Å². The van der Waals surface area contributed by atoms with Crippen molar-refractivity contribution in [3.05, 3.63) is 51.7 Å². The number of nitriles is 1. The highest BCUT2D eigenvalue weighted by atomic mass is 32.2. The summed E-state index contributed by atoms with van der Waals surface area (Å²) in [7, 11) is 1.61. The number of benzene rings is 1. The molecule has 5 heteroatoms. The van der Waals surface area contributed by atoms with Gasteiger partial charge in [0.05, 0.1) is 29.7 Å². The molecule has 0 saturated heterocycles. The van der Waals surface area contributed by atoms with Crippen LogP contribution in [0.25, 0.3) is 0 Å². The maximum atomic E-state index is 12.1. The molecule has 1 heterocycles. The molecule has 0 spiro atoms. The van der Waals surface area contributed by atoms with Crippen LogP contribution in [0.2, 0.25) is 0 Å². The second-order valence-electron chi connectivity index (χ2n) is 4.98. The summed E-state index contributed by atoms with van der Waals surface area (Å²) in [5, 5.41) is 13.6. The molecule has 0 fully saturated rings. The fourth-order valence-corrected chi connectivity index (χ4v) is 3.31. The van der Waals surface area contributed by atoms with Crippen LogP contribution in [0.15, 0.2) is 46.1 Å². The molecular formula is C17H18N2O2S. The van der Waals surface area contributed by atoms with E-state index >= 15 is 0 Å². The summed E-state index contributed by atoms with van der Waals surface area (Å²) in [5.74, 6) is 0.381. The van der Waals surface area contributed by atoms with E-state index in [2.05, 4.69) is 11.4 Å². The first-order chi connectivity index (χ1) is 10.5. The number of nitrogens with one attached hydrogen (secondary N) is 1. The van der Waals surface area contributed by atoms with Gasteiger partial charge >= 0.3 is 0 Å². The van der Waals surface area contributed by atoms with Gasteiger partial charge in [-0.25, -0.2) is 0 Å². The molecule has 0 aliphatic carbocycles. The monoisotopic (exact) mass is 314 g/mol. The number of rotatable bonds is 4. The topological polar surface area (TPSA) is 62.1 Å². The molecule has 22 heavy (non-hydrogen) atoms. The average Bonchev–Trinajstić information content (AvgIpc) is 2.53. The van der Waals surface area contributed by atoms with Gasteiger partial charge in [0.1, 0.15) is 5.75 Å². The van der Waals surface area contributed by atoms with E-state index in [4.69, 9.17) is 4.74 Å². The van der Waals surface area contributed by atoms with Gasteiger partial charge in [0.25, 0.3) is 0 Å². The molecule has 1 unspecified atom stereocenters. The maximum Gasteiger partial charge on any atom is 0.158 e. The van der Waals surface area contributed by atoms with E-state index in [1.807, 2.05) is 37.4 Å². The third-order valence-corrected chi connectivity index (χ3v) is 4.41. The van der Waals surface area contributed by atoms with Crippen LogP contribution < -0.4 is 10.1 Å². The number of dihydropyridines is 1. The largest absolute Gasteiger partial charge is 0.497 e. The molecule has 1 aliphatic rings. The smallest absolute Gasteiger partial charge is 0.158 e.